The van der Waals surface area contributed by atoms with E-state index >= 15 is 0 Å². The minimum absolute atomic E-state index is 0.0139. The molecule has 1 heterocycles. The van der Waals surface area contributed by atoms with Crippen LogP contribution in [-0.4, -0.2) is 4.57 Å². The Kier molecular flexibility index (Phi) is 3.20. The van der Waals surface area contributed by atoms with Gasteiger partial charge in [0.2, 0.25) is 0 Å². The van der Waals surface area contributed by atoms with Gasteiger partial charge in [-0.2, -0.15) is 5.26 Å². The fourth-order valence-corrected chi connectivity index (χ4v) is 1.58. The summed E-state index contributed by atoms with van der Waals surface area (Å²) in [5.41, 5.74) is -0.322. The lowest BCUT2D eigenvalue weighted by atomic mass is 10.2. The van der Waals surface area contributed by atoms with Gasteiger partial charge in [0, 0.05) is 17.8 Å². The van der Waals surface area contributed by atoms with Crippen molar-refractivity contribution in [1.29, 1.82) is 5.26 Å². The maximum atomic E-state index is 13.4. The molecule has 1 aromatic heterocycles. The molecule has 2 rings (SSSR count). The summed E-state index contributed by atoms with van der Waals surface area (Å²) in [6.45, 7) is -0.0412. The van der Waals surface area contributed by atoms with E-state index in [1.165, 1.54) is 29.0 Å². The van der Waals surface area contributed by atoms with E-state index in [4.69, 9.17) is 5.26 Å². The second-order valence-corrected chi connectivity index (χ2v) is 3.70. The molecule has 3 nitrogen and oxygen atoms in total. The Morgan fingerprint density at radius 3 is 2.72 bits per heavy atom. The lowest BCUT2D eigenvalue weighted by Crippen LogP contribution is -2.22. The zero-order valence-electron chi connectivity index (χ0n) is 9.23. The largest absolute Gasteiger partial charge is 0.310 e. The molecule has 0 aliphatic heterocycles. The Morgan fingerprint density at radius 1 is 1.28 bits per heavy atom. The summed E-state index contributed by atoms with van der Waals surface area (Å²) in [7, 11) is 0. The molecule has 0 spiro atoms. The number of nitriles is 1. The minimum Gasteiger partial charge on any atom is -0.310 e. The molecule has 0 saturated carbocycles. The Balaban J connectivity index is 2.41. The molecule has 0 aliphatic carbocycles. The highest BCUT2D eigenvalue weighted by molar-refractivity contribution is 5.26. The van der Waals surface area contributed by atoms with Gasteiger partial charge in [0.05, 0.1) is 6.54 Å². The third-order valence-corrected chi connectivity index (χ3v) is 2.50. The molecule has 0 aliphatic rings. The lowest BCUT2D eigenvalue weighted by Gasteiger charge is -2.06. The first-order chi connectivity index (χ1) is 8.61. The molecule has 0 radical (unpaired) electrons. The van der Waals surface area contributed by atoms with E-state index < -0.39 is 17.2 Å². The topological polar surface area (TPSA) is 45.8 Å². The molecule has 2 aromatic rings. The number of aromatic nitrogens is 1. The molecule has 0 bridgehead atoms. The molecular formula is C13H8F2N2O. The van der Waals surface area contributed by atoms with Crippen LogP contribution < -0.4 is 5.56 Å². The van der Waals surface area contributed by atoms with Crippen LogP contribution in [0.25, 0.3) is 0 Å². The number of hydrogen-bond donors (Lipinski definition) is 0. The van der Waals surface area contributed by atoms with Gasteiger partial charge in [-0.3, -0.25) is 4.79 Å². The second kappa shape index (κ2) is 4.80. The van der Waals surface area contributed by atoms with Crippen LogP contribution in [0.1, 0.15) is 11.1 Å². The second-order valence-electron chi connectivity index (χ2n) is 3.70. The van der Waals surface area contributed by atoms with Crippen LogP contribution in [0, 0.1) is 23.0 Å². The predicted molar refractivity (Wildman–Crippen MR) is 60.9 cm³/mol. The van der Waals surface area contributed by atoms with Crippen molar-refractivity contribution in [2.45, 2.75) is 6.54 Å². The quantitative estimate of drug-likeness (QED) is 0.814. The van der Waals surface area contributed by atoms with Crippen LogP contribution in [0.3, 0.4) is 0 Å². The van der Waals surface area contributed by atoms with Crippen molar-refractivity contribution < 1.29 is 8.78 Å². The highest BCUT2D eigenvalue weighted by Crippen LogP contribution is 2.10. The van der Waals surface area contributed by atoms with Crippen LogP contribution in [0.15, 0.2) is 41.3 Å². The van der Waals surface area contributed by atoms with Gasteiger partial charge in [-0.15, -0.1) is 0 Å². The Labute approximate surface area is 102 Å². The predicted octanol–water partition coefficient (Wildman–Crippen LogP) is 2.05. The van der Waals surface area contributed by atoms with Crippen LogP contribution in [0.4, 0.5) is 8.78 Å². The van der Waals surface area contributed by atoms with Gasteiger partial charge >= 0.3 is 0 Å². The summed E-state index contributed by atoms with van der Waals surface area (Å²) >= 11 is 0. The average molecular weight is 246 g/mol. The van der Waals surface area contributed by atoms with E-state index in [1.807, 2.05) is 0 Å². The van der Waals surface area contributed by atoms with Crippen molar-refractivity contribution in [2.24, 2.45) is 0 Å². The molecule has 0 fully saturated rings. The van der Waals surface area contributed by atoms with Crippen molar-refractivity contribution in [1.82, 2.24) is 4.57 Å². The van der Waals surface area contributed by atoms with Gasteiger partial charge in [0.25, 0.3) is 5.56 Å². The van der Waals surface area contributed by atoms with E-state index in [1.54, 1.807) is 6.07 Å². The SMILES string of the molecule is N#Cc1cccn(Cc2ccc(F)cc2F)c1=O. The van der Waals surface area contributed by atoms with E-state index in [0.717, 1.165) is 12.1 Å². The molecule has 18 heavy (non-hydrogen) atoms. The molecule has 0 unspecified atom stereocenters. The van der Waals surface area contributed by atoms with E-state index in [0.29, 0.717) is 0 Å². The van der Waals surface area contributed by atoms with Crippen LogP contribution in [0.2, 0.25) is 0 Å². The summed E-state index contributed by atoms with van der Waals surface area (Å²) in [4.78, 5) is 11.7. The van der Waals surface area contributed by atoms with E-state index in [2.05, 4.69) is 0 Å². The summed E-state index contributed by atoms with van der Waals surface area (Å²) in [5, 5.41) is 8.71. The molecule has 0 amide bonds. The molecule has 0 N–H and O–H groups in total. The maximum absolute atomic E-state index is 13.4. The van der Waals surface area contributed by atoms with Gasteiger partial charge in [0.1, 0.15) is 23.3 Å². The molecule has 0 atom stereocenters. The van der Waals surface area contributed by atoms with Crippen molar-refractivity contribution in [3.8, 4) is 6.07 Å². The van der Waals surface area contributed by atoms with Crippen LogP contribution >= 0.6 is 0 Å². The summed E-state index contributed by atoms with van der Waals surface area (Å²) in [6, 6.07) is 7.83. The van der Waals surface area contributed by atoms with Crippen molar-refractivity contribution in [3.05, 3.63) is 69.6 Å². The summed E-state index contributed by atoms with van der Waals surface area (Å²) < 4.78 is 27.4. The third-order valence-electron chi connectivity index (χ3n) is 2.50. The first kappa shape index (κ1) is 12.0. The third kappa shape index (κ3) is 2.28. The zero-order valence-corrected chi connectivity index (χ0v) is 9.23. The van der Waals surface area contributed by atoms with Gasteiger partial charge < -0.3 is 4.57 Å². The normalized spacial score (nSPS) is 10.1. The maximum Gasteiger partial charge on any atom is 0.268 e. The molecular weight excluding hydrogens is 238 g/mol. The van der Waals surface area contributed by atoms with Gasteiger partial charge in [-0.25, -0.2) is 8.78 Å². The Bertz CT molecular complexity index is 686. The number of halogens is 2. The highest BCUT2D eigenvalue weighted by atomic mass is 19.1. The number of rotatable bonds is 2. The van der Waals surface area contributed by atoms with Gasteiger partial charge in [0.15, 0.2) is 0 Å². The number of benzene rings is 1. The molecule has 1 aromatic carbocycles. The van der Waals surface area contributed by atoms with Crippen molar-refractivity contribution in [2.75, 3.05) is 0 Å². The highest BCUT2D eigenvalue weighted by Gasteiger charge is 2.07. The summed E-state index contributed by atoms with van der Waals surface area (Å²) in [6.07, 6.45) is 1.45. The fraction of sp³-hybridized carbons (Fsp3) is 0.0769. The summed E-state index contributed by atoms with van der Waals surface area (Å²) in [5.74, 6) is -1.39. The van der Waals surface area contributed by atoms with Gasteiger partial charge in [-0.05, 0) is 18.2 Å². The first-order valence-electron chi connectivity index (χ1n) is 5.15. The smallest absolute Gasteiger partial charge is 0.268 e. The Hall–Kier alpha value is -2.48. The van der Waals surface area contributed by atoms with Crippen molar-refractivity contribution in [3.63, 3.8) is 0 Å². The average Bonchev–Trinajstić information content (AvgIpc) is 2.35. The number of pyridine rings is 1. The Morgan fingerprint density at radius 2 is 2.06 bits per heavy atom. The van der Waals surface area contributed by atoms with Gasteiger partial charge in [-0.1, -0.05) is 6.07 Å². The molecule has 90 valence electrons. The zero-order chi connectivity index (χ0) is 13.1. The standard InChI is InChI=1S/C13H8F2N2O/c14-11-4-3-10(12(15)6-11)8-17-5-1-2-9(7-16)13(17)18/h1-6H,8H2. The molecule has 0 saturated heterocycles. The monoisotopic (exact) mass is 246 g/mol. The number of hydrogen-bond acceptors (Lipinski definition) is 2. The first-order valence-corrected chi connectivity index (χ1v) is 5.15. The number of nitrogens with zero attached hydrogens (tertiary/aromatic N) is 2. The molecule has 5 heteroatoms. The fourth-order valence-electron chi connectivity index (χ4n) is 1.58. The van der Waals surface area contributed by atoms with E-state index in [9.17, 15) is 13.6 Å². The lowest BCUT2D eigenvalue weighted by molar-refractivity contribution is 0.564. The van der Waals surface area contributed by atoms with Crippen molar-refractivity contribution >= 4 is 0 Å². The minimum atomic E-state index is -0.718. The van der Waals surface area contributed by atoms with Crippen LogP contribution in [0.5, 0.6) is 0 Å². The van der Waals surface area contributed by atoms with Crippen LogP contribution in [-0.2, 0) is 6.54 Å². The van der Waals surface area contributed by atoms with E-state index in [-0.39, 0.29) is 17.7 Å².